The summed E-state index contributed by atoms with van der Waals surface area (Å²) in [6.45, 7) is 6.49. The molecule has 0 amide bonds. The molecule has 1 N–H and O–H groups in total. The predicted octanol–water partition coefficient (Wildman–Crippen LogP) is 2.37. The van der Waals surface area contributed by atoms with E-state index in [0.29, 0.717) is 6.04 Å². The highest BCUT2D eigenvalue weighted by molar-refractivity contribution is 5.82. The van der Waals surface area contributed by atoms with Gasteiger partial charge in [0.1, 0.15) is 11.3 Å². The van der Waals surface area contributed by atoms with E-state index in [1.165, 1.54) is 10.9 Å². The lowest BCUT2D eigenvalue weighted by Crippen LogP contribution is -2.43. The van der Waals surface area contributed by atoms with E-state index in [9.17, 15) is 0 Å². The van der Waals surface area contributed by atoms with Gasteiger partial charge in [-0.15, -0.1) is 0 Å². The number of fused-ring (bicyclic) bond motifs is 1. The average Bonchev–Trinajstić information content (AvgIpc) is 2.80. The van der Waals surface area contributed by atoms with E-state index in [0.717, 1.165) is 44.2 Å². The maximum absolute atomic E-state index is 6.08. The van der Waals surface area contributed by atoms with Crippen LogP contribution in [0.15, 0.2) is 28.7 Å². The summed E-state index contributed by atoms with van der Waals surface area (Å²) in [6, 6.07) is 8.71. The summed E-state index contributed by atoms with van der Waals surface area (Å²) in [5.41, 5.74) is 2.26. The van der Waals surface area contributed by atoms with Crippen LogP contribution in [0.1, 0.15) is 18.2 Å². The quantitative estimate of drug-likeness (QED) is 0.929. The first-order valence-electron chi connectivity index (χ1n) is 7.25. The second kappa shape index (κ2) is 5.95. The van der Waals surface area contributed by atoms with E-state index in [-0.39, 0.29) is 0 Å². The van der Waals surface area contributed by atoms with Crippen molar-refractivity contribution >= 4 is 11.0 Å². The molecule has 20 heavy (non-hydrogen) atoms. The van der Waals surface area contributed by atoms with Crippen LogP contribution in [0.25, 0.3) is 11.0 Å². The third-order valence-electron chi connectivity index (χ3n) is 3.99. The van der Waals surface area contributed by atoms with Crippen LogP contribution in [0.2, 0.25) is 0 Å². The maximum Gasteiger partial charge on any atom is 0.134 e. The number of ether oxygens (including phenoxy) is 1. The van der Waals surface area contributed by atoms with Gasteiger partial charge in [0.05, 0.1) is 19.8 Å². The molecule has 0 bridgehead atoms. The van der Waals surface area contributed by atoms with Crippen LogP contribution < -0.4 is 5.32 Å². The molecule has 1 aromatic carbocycles. The van der Waals surface area contributed by atoms with Gasteiger partial charge in [-0.2, -0.15) is 0 Å². The van der Waals surface area contributed by atoms with Gasteiger partial charge in [0.2, 0.25) is 0 Å². The maximum atomic E-state index is 6.08. The molecule has 2 aromatic rings. The minimum atomic E-state index is 0.444. The van der Waals surface area contributed by atoms with E-state index in [1.54, 1.807) is 0 Å². The first-order chi connectivity index (χ1) is 9.79. The summed E-state index contributed by atoms with van der Waals surface area (Å²) in [7, 11) is 1.98. The van der Waals surface area contributed by atoms with Crippen molar-refractivity contribution in [1.82, 2.24) is 10.2 Å². The Morgan fingerprint density at radius 3 is 3.00 bits per heavy atom. The Kier molecular flexibility index (Phi) is 4.05. The number of benzene rings is 1. The van der Waals surface area contributed by atoms with E-state index in [2.05, 4.69) is 29.3 Å². The zero-order valence-corrected chi connectivity index (χ0v) is 12.2. The number of nitrogens with one attached hydrogen (secondary N) is 1. The lowest BCUT2D eigenvalue weighted by atomic mass is 10.1. The standard InChI is InChI=1S/C16H22N2O2/c1-12-11-19-8-7-18(12)10-16-14(9-17-2)13-5-3-4-6-15(13)20-16/h3-6,12,17H,7-11H2,1-2H3. The lowest BCUT2D eigenvalue weighted by Gasteiger charge is -2.32. The van der Waals surface area contributed by atoms with Gasteiger partial charge in [-0.1, -0.05) is 18.2 Å². The number of morpholine rings is 1. The first kappa shape index (κ1) is 13.6. The van der Waals surface area contributed by atoms with Crippen molar-refractivity contribution in [1.29, 1.82) is 0 Å². The minimum absolute atomic E-state index is 0.444. The number of nitrogens with zero attached hydrogens (tertiary/aromatic N) is 1. The van der Waals surface area contributed by atoms with Crippen LogP contribution >= 0.6 is 0 Å². The lowest BCUT2D eigenvalue weighted by molar-refractivity contribution is -0.00705. The average molecular weight is 274 g/mol. The fourth-order valence-electron chi connectivity index (χ4n) is 2.83. The fourth-order valence-corrected chi connectivity index (χ4v) is 2.83. The van der Waals surface area contributed by atoms with Gasteiger partial charge < -0.3 is 14.5 Å². The van der Waals surface area contributed by atoms with Crippen LogP contribution in [0.3, 0.4) is 0 Å². The van der Waals surface area contributed by atoms with Crippen molar-refractivity contribution in [3.8, 4) is 0 Å². The SMILES string of the molecule is CNCc1c(CN2CCOCC2C)oc2ccccc12. The second-order valence-electron chi connectivity index (χ2n) is 5.42. The Morgan fingerprint density at radius 1 is 1.35 bits per heavy atom. The molecule has 4 nitrogen and oxygen atoms in total. The monoisotopic (exact) mass is 274 g/mol. The molecule has 108 valence electrons. The zero-order chi connectivity index (χ0) is 13.9. The van der Waals surface area contributed by atoms with Crippen molar-refractivity contribution in [2.45, 2.75) is 26.1 Å². The highest BCUT2D eigenvalue weighted by Gasteiger charge is 2.22. The topological polar surface area (TPSA) is 37.6 Å². The van der Waals surface area contributed by atoms with Crippen molar-refractivity contribution in [3.63, 3.8) is 0 Å². The highest BCUT2D eigenvalue weighted by atomic mass is 16.5. The number of furan rings is 1. The Bertz CT molecular complexity index is 579. The van der Waals surface area contributed by atoms with Gasteiger partial charge in [0.15, 0.2) is 0 Å². The van der Waals surface area contributed by atoms with Crippen LogP contribution in [0.5, 0.6) is 0 Å². The smallest absolute Gasteiger partial charge is 0.134 e. The molecule has 3 rings (SSSR count). The third kappa shape index (κ3) is 2.59. The molecular weight excluding hydrogens is 252 g/mol. The molecule has 1 atom stereocenters. The van der Waals surface area contributed by atoms with E-state index >= 15 is 0 Å². The van der Waals surface area contributed by atoms with Gasteiger partial charge in [-0.05, 0) is 20.0 Å². The van der Waals surface area contributed by atoms with Gasteiger partial charge in [0.25, 0.3) is 0 Å². The molecule has 1 aliphatic rings. The molecule has 1 unspecified atom stereocenters. The molecule has 4 heteroatoms. The van der Waals surface area contributed by atoms with E-state index < -0.39 is 0 Å². The summed E-state index contributed by atoms with van der Waals surface area (Å²) in [5.74, 6) is 1.08. The van der Waals surface area contributed by atoms with Crippen LogP contribution in [0.4, 0.5) is 0 Å². The molecule has 1 saturated heterocycles. The van der Waals surface area contributed by atoms with E-state index in [4.69, 9.17) is 9.15 Å². The van der Waals surface area contributed by atoms with Gasteiger partial charge in [-0.3, -0.25) is 4.90 Å². The summed E-state index contributed by atoms with van der Waals surface area (Å²) < 4.78 is 11.6. The second-order valence-corrected chi connectivity index (χ2v) is 5.42. The molecule has 0 aliphatic carbocycles. The Labute approximate surface area is 119 Å². The van der Waals surface area contributed by atoms with Gasteiger partial charge in [0, 0.05) is 30.1 Å². The number of para-hydroxylation sites is 1. The van der Waals surface area contributed by atoms with Gasteiger partial charge >= 0.3 is 0 Å². The third-order valence-corrected chi connectivity index (χ3v) is 3.99. The Morgan fingerprint density at radius 2 is 2.20 bits per heavy atom. The zero-order valence-electron chi connectivity index (χ0n) is 12.2. The Balaban J connectivity index is 1.91. The predicted molar refractivity (Wildman–Crippen MR) is 79.7 cm³/mol. The molecule has 0 radical (unpaired) electrons. The minimum Gasteiger partial charge on any atom is -0.459 e. The number of hydrogen-bond acceptors (Lipinski definition) is 4. The molecule has 0 spiro atoms. The van der Waals surface area contributed by atoms with Crippen molar-refractivity contribution in [2.24, 2.45) is 0 Å². The number of rotatable bonds is 4. The Hall–Kier alpha value is -1.36. The molecule has 0 saturated carbocycles. The summed E-state index contributed by atoms with van der Waals surface area (Å²) >= 11 is 0. The molecule has 2 heterocycles. The largest absolute Gasteiger partial charge is 0.459 e. The van der Waals surface area contributed by atoms with Crippen molar-refractivity contribution in [3.05, 3.63) is 35.6 Å². The van der Waals surface area contributed by atoms with E-state index in [1.807, 2.05) is 19.2 Å². The fraction of sp³-hybridized carbons (Fsp3) is 0.500. The van der Waals surface area contributed by atoms with Crippen molar-refractivity contribution in [2.75, 3.05) is 26.8 Å². The molecule has 1 aromatic heterocycles. The number of hydrogen-bond donors (Lipinski definition) is 1. The summed E-state index contributed by atoms with van der Waals surface area (Å²) in [6.07, 6.45) is 0. The van der Waals surface area contributed by atoms with Crippen LogP contribution in [-0.2, 0) is 17.8 Å². The molecule has 1 aliphatic heterocycles. The summed E-state index contributed by atoms with van der Waals surface area (Å²) in [4.78, 5) is 2.43. The van der Waals surface area contributed by atoms with Crippen molar-refractivity contribution < 1.29 is 9.15 Å². The van der Waals surface area contributed by atoms with Gasteiger partial charge in [-0.25, -0.2) is 0 Å². The molecule has 1 fully saturated rings. The normalized spacial score (nSPS) is 20.6. The highest BCUT2D eigenvalue weighted by Crippen LogP contribution is 2.27. The van der Waals surface area contributed by atoms with Crippen LogP contribution in [-0.4, -0.2) is 37.7 Å². The van der Waals surface area contributed by atoms with Crippen LogP contribution in [0, 0.1) is 0 Å². The first-order valence-corrected chi connectivity index (χ1v) is 7.25. The molecular formula is C16H22N2O2. The summed E-state index contributed by atoms with van der Waals surface area (Å²) in [5, 5.41) is 4.47.